The standard InChI is InChI=1S/C16H29N5O/c1-4-20-10-6-15(7-11-20)19-16(22)12-17-13(2)14(3)21-9-5-8-18-21/h5,8-9,13-15,17H,4,6-7,10-12H2,1-3H3,(H,19,22)/t13-,14+/m1/s1. The van der Waals surface area contributed by atoms with Crippen molar-refractivity contribution >= 4 is 5.91 Å². The molecule has 2 rings (SSSR count). The van der Waals surface area contributed by atoms with Crippen LogP contribution in [0.3, 0.4) is 0 Å². The van der Waals surface area contributed by atoms with Crippen LogP contribution in [0.4, 0.5) is 0 Å². The number of carbonyl (C=O) groups excluding carboxylic acids is 1. The highest BCUT2D eigenvalue weighted by molar-refractivity contribution is 5.78. The number of likely N-dealkylation sites (tertiary alicyclic amines) is 1. The van der Waals surface area contributed by atoms with Crippen LogP contribution in [-0.2, 0) is 4.79 Å². The second-order valence-corrected chi connectivity index (χ2v) is 6.17. The van der Waals surface area contributed by atoms with Crippen molar-refractivity contribution in [3.05, 3.63) is 18.5 Å². The van der Waals surface area contributed by atoms with Crippen LogP contribution in [0.25, 0.3) is 0 Å². The first kappa shape index (κ1) is 17.0. The molecule has 124 valence electrons. The first-order chi connectivity index (χ1) is 10.6. The summed E-state index contributed by atoms with van der Waals surface area (Å²) in [5.74, 6) is 0.0921. The van der Waals surface area contributed by atoms with Gasteiger partial charge in [-0.25, -0.2) is 0 Å². The third kappa shape index (κ3) is 4.81. The van der Waals surface area contributed by atoms with Crippen LogP contribution < -0.4 is 10.6 Å². The van der Waals surface area contributed by atoms with E-state index in [-0.39, 0.29) is 18.0 Å². The van der Waals surface area contributed by atoms with E-state index in [2.05, 4.69) is 41.4 Å². The summed E-state index contributed by atoms with van der Waals surface area (Å²) >= 11 is 0. The van der Waals surface area contributed by atoms with Gasteiger partial charge in [0.1, 0.15) is 0 Å². The molecule has 0 bridgehead atoms. The summed E-state index contributed by atoms with van der Waals surface area (Å²) in [6, 6.07) is 2.65. The number of nitrogens with zero attached hydrogens (tertiary/aromatic N) is 3. The van der Waals surface area contributed by atoms with E-state index < -0.39 is 0 Å². The largest absolute Gasteiger partial charge is 0.352 e. The average Bonchev–Trinajstić information content (AvgIpc) is 3.07. The second kappa shape index (κ2) is 8.29. The predicted octanol–water partition coefficient (Wildman–Crippen LogP) is 1.02. The maximum absolute atomic E-state index is 12.1. The van der Waals surface area contributed by atoms with Gasteiger partial charge in [-0.1, -0.05) is 6.92 Å². The molecule has 0 radical (unpaired) electrons. The van der Waals surface area contributed by atoms with E-state index in [1.807, 2.05) is 16.9 Å². The number of piperidine rings is 1. The van der Waals surface area contributed by atoms with Crippen LogP contribution in [0.2, 0.25) is 0 Å². The summed E-state index contributed by atoms with van der Waals surface area (Å²) in [4.78, 5) is 14.5. The molecule has 2 atom stereocenters. The number of nitrogens with one attached hydrogen (secondary N) is 2. The highest BCUT2D eigenvalue weighted by Gasteiger charge is 2.20. The van der Waals surface area contributed by atoms with E-state index in [4.69, 9.17) is 0 Å². The Kier molecular flexibility index (Phi) is 6.39. The van der Waals surface area contributed by atoms with E-state index in [1.165, 1.54) is 0 Å². The van der Waals surface area contributed by atoms with Crippen LogP contribution >= 0.6 is 0 Å². The number of aromatic nitrogens is 2. The molecule has 22 heavy (non-hydrogen) atoms. The molecular formula is C16H29N5O. The van der Waals surface area contributed by atoms with Crippen molar-refractivity contribution < 1.29 is 4.79 Å². The van der Waals surface area contributed by atoms with Crippen LogP contribution in [0.5, 0.6) is 0 Å². The van der Waals surface area contributed by atoms with Crippen LogP contribution in [0, 0.1) is 0 Å². The zero-order valence-electron chi connectivity index (χ0n) is 14.0. The lowest BCUT2D eigenvalue weighted by atomic mass is 10.1. The van der Waals surface area contributed by atoms with Crippen molar-refractivity contribution in [2.75, 3.05) is 26.2 Å². The van der Waals surface area contributed by atoms with Crippen LogP contribution in [-0.4, -0.2) is 58.9 Å². The SMILES string of the molecule is CCN1CCC(NC(=O)CN[C@H](C)[C@H](C)n2cccn2)CC1. The fourth-order valence-corrected chi connectivity index (χ4v) is 2.85. The van der Waals surface area contributed by atoms with Crippen molar-refractivity contribution in [3.8, 4) is 0 Å². The van der Waals surface area contributed by atoms with Gasteiger partial charge in [0.25, 0.3) is 0 Å². The van der Waals surface area contributed by atoms with Gasteiger partial charge in [0.15, 0.2) is 0 Å². The maximum Gasteiger partial charge on any atom is 0.234 e. The molecule has 6 heteroatoms. The molecule has 1 aliphatic heterocycles. The van der Waals surface area contributed by atoms with Crippen molar-refractivity contribution in [1.82, 2.24) is 25.3 Å². The molecule has 0 saturated carbocycles. The van der Waals surface area contributed by atoms with Gasteiger partial charge in [-0.05, 0) is 39.3 Å². The molecule has 0 spiro atoms. The Morgan fingerprint density at radius 3 is 2.68 bits per heavy atom. The molecule has 0 aromatic carbocycles. The van der Waals surface area contributed by atoms with E-state index in [0.717, 1.165) is 32.5 Å². The minimum absolute atomic E-state index is 0.0921. The normalized spacial score (nSPS) is 19.8. The lowest BCUT2D eigenvalue weighted by Crippen LogP contribution is -2.48. The van der Waals surface area contributed by atoms with Gasteiger partial charge in [-0.3, -0.25) is 9.48 Å². The van der Waals surface area contributed by atoms with E-state index in [1.54, 1.807) is 6.20 Å². The van der Waals surface area contributed by atoms with Gasteiger partial charge in [-0.15, -0.1) is 0 Å². The van der Waals surface area contributed by atoms with Gasteiger partial charge < -0.3 is 15.5 Å². The van der Waals surface area contributed by atoms with Crippen molar-refractivity contribution in [2.45, 2.75) is 51.7 Å². The molecule has 2 heterocycles. The Morgan fingerprint density at radius 2 is 2.09 bits per heavy atom. The summed E-state index contributed by atoms with van der Waals surface area (Å²) in [6.45, 7) is 10.0. The zero-order chi connectivity index (χ0) is 15.9. The summed E-state index contributed by atoms with van der Waals surface area (Å²) < 4.78 is 1.91. The molecular weight excluding hydrogens is 278 g/mol. The first-order valence-corrected chi connectivity index (χ1v) is 8.34. The van der Waals surface area contributed by atoms with E-state index in [0.29, 0.717) is 12.6 Å². The molecule has 1 aliphatic rings. The Balaban J connectivity index is 1.67. The van der Waals surface area contributed by atoms with Gasteiger partial charge in [0.2, 0.25) is 5.91 Å². The third-order valence-corrected chi connectivity index (χ3v) is 4.65. The Morgan fingerprint density at radius 1 is 1.36 bits per heavy atom. The van der Waals surface area contributed by atoms with Gasteiger partial charge in [-0.2, -0.15) is 5.10 Å². The van der Waals surface area contributed by atoms with Crippen molar-refractivity contribution in [3.63, 3.8) is 0 Å². The van der Waals surface area contributed by atoms with Crippen LogP contribution in [0.15, 0.2) is 18.5 Å². The third-order valence-electron chi connectivity index (χ3n) is 4.65. The lowest BCUT2D eigenvalue weighted by molar-refractivity contribution is -0.121. The molecule has 0 aliphatic carbocycles. The molecule has 1 saturated heterocycles. The Bertz CT molecular complexity index is 439. The number of hydrogen-bond donors (Lipinski definition) is 2. The second-order valence-electron chi connectivity index (χ2n) is 6.17. The molecule has 1 aromatic heterocycles. The highest BCUT2D eigenvalue weighted by atomic mass is 16.2. The van der Waals surface area contributed by atoms with Crippen LogP contribution in [0.1, 0.15) is 39.7 Å². The summed E-state index contributed by atoms with van der Waals surface area (Å²) in [6.07, 6.45) is 5.83. The Labute approximate surface area is 133 Å². The van der Waals surface area contributed by atoms with E-state index in [9.17, 15) is 4.79 Å². The van der Waals surface area contributed by atoms with Gasteiger partial charge in [0, 0.05) is 37.6 Å². The Hall–Kier alpha value is -1.40. The number of carbonyl (C=O) groups is 1. The zero-order valence-corrected chi connectivity index (χ0v) is 14.0. The maximum atomic E-state index is 12.1. The number of amides is 1. The average molecular weight is 307 g/mol. The summed E-state index contributed by atoms with van der Waals surface area (Å²) in [5.41, 5.74) is 0. The highest BCUT2D eigenvalue weighted by Crippen LogP contribution is 2.10. The monoisotopic (exact) mass is 307 g/mol. The van der Waals surface area contributed by atoms with Crippen molar-refractivity contribution in [1.29, 1.82) is 0 Å². The van der Waals surface area contributed by atoms with Gasteiger partial charge in [0.05, 0.1) is 12.6 Å². The topological polar surface area (TPSA) is 62.2 Å². The molecule has 6 nitrogen and oxygen atoms in total. The first-order valence-electron chi connectivity index (χ1n) is 8.34. The quantitative estimate of drug-likeness (QED) is 0.789. The smallest absolute Gasteiger partial charge is 0.234 e. The fraction of sp³-hybridized carbons (Fsp3) is 0.750. The molecule has 1 aromatic rings. The molecule has 0 unspecified atom stereocenters. The number of hydrogen-bond acceptors (Lipinski definition) is 4. The fourth-order valence-electron chi connectivity index (χ4n) is 2.85. The minimum atomic E-state index is 0.0921. The van der Waals surface area contributed by atoms with Crippen molar-refractivity contribution in [2.24, 2.45) is 0 Å². The molecule has 1 fully saturated rings. The summed E-state index contributed by atoms with van der Waals surface area (Å²) in [5, 5.41) is 10.7. The predicted molar refractivity (Wildman–Crippen MR) is 87.7 cm³/mol. The van der Waals surface area contributed by atoms with E-state index >= 15 is 0 Å². The summed E-state index contributed by atoms with van der Waals surface area (Å²) in [7, 11) is 0. The lowest BCUT2D eigenvalue weighted by Gasteiger charge is -2.31. The molecule has 2 N–H and O–H groups in total. The minimum Gasteiger partial charge on any atom is -0.352 e. The van der Waals surface area contributed by atoms with Gasteiger partial charge >= 0.3 is 0 Å². The molecule has 1 amide bonds. The number of rotatable bonds is 7.